The van der Waals surface area contributed by atoms with Gasteiger partial charge in [-0.05, 0) is 56.5 Å². The molecule has 0 saturated carbocycles. The highest BCUT2D eigenvalue weighted by molar-refractivity contribution is 5.30. The SMILES string of the molecule is Cc1cc(CNCCN2CCCC2)cc(C)c1F. The molecule has 0 atom stereocenters. The lowest BCUT2D eigenvalue weighted by molar-refractivity contribution is 0.335. The Kier molecular flexibility index (Phi) is 4.72. The summed E-state index contributed by atoms with van der Waals surface area (Å²) in [5, 5.41) is 3.44. The van der Waals surface area contributed by atoms with Gasteiger partial charge < -0.3 is 10.2 Å². The van der Waals surface area contributed by atoms with Gasteiger partial charge in [-0.25, -0.2) is 4.39 Å². The molecule has 1 fully saturated rings. The van der Waals surface area contributed by atoms with Crippen molar-refractivity contribution in [3.8, 4) is 0 Å². The van der Waals surface area contributed by atoms with E-state index in [-0.39, 0.29) is 5.82 Å². The van der Waals surface area contributed by atoms with Crippen molar-refractivity contribution in [1.82, 2.24) is 10.2 Å². The molecule has 0 bridgehead atoms. The van der Waals surface area contributed by atoms with Gasteiger partial charge in [0.15, 0.2) is 0 Å². The van der Waals surface area contributed by atoms with Crippen molar-refractivity contribution < 1.29 is 4.39 Å². The van der Waals surface area contributed by atoms with Gasteiger partial charge in [-0.1, -0.05) is 12.1 Å². The summed E-state index contributed by atoms with van der Waals surface area (Å²) in [5.74, 6) is -0.0733. The van der Waals surface area contributed by atoms with E-state index in [0.29, 0.717) is 0 Å². The number of hydrogen-bond acceptors (Lipinski definition) is 2. The molecule has 1 aromatic carbocycles. The highest BCUT2D eigenvalue weighted by Crippen LogP contribution is 2.14. The van der Waals surface area contributed by atoms with E-state index in [1.807, 2.05) is 26.0 Å². The van der Waals surface area contributed by atoms with Crippen molar-refractivity contribution in [2.24, 2.45) is 0 Å². The van der Waals surface area contributed by atoms with Crippen LogP contribution >= 0.6 is 0 Å². The molecule has 1 aromatic rings. The zero-order valence-corrected chi connectivity index (χ0v) is 11.4. The second-order valence-corrected chi connectivity index (χ2v) is 5.27. The zero-order chi connectivity index (χ0) is 13.0. The summed E-state index contributed by atoms with van der Waals surface area (Å²) in [6.45, 7) is 9.11. The molecule has 0 spiro atoms. The van der Waals surface area contributed by atoms with E-state index in [1.165, 1.54) is 31.5 Å². The molecule has 3 heteroatoms. The maximum atomic E-state index is 13.5. The van der Waals surface area contributed by atoms with Crippen LogP contribution in [0, 0.1) is 19.7 Å². The Morgan fingerprint density at radius 1 is 1.17 bits per heavy atom. The predicted octanol–water partition coefficient (Wildman–Crippen LogP) is 2.63. The molecule has 0 aliphatic carbocycles. The normalized spacial score (nSPS) is 16.4. The fraction of sp³-hybridized carbons (Fsp3) is 0.600. The van der Waals surface area contributed by atoms with E-state index < -0.39 is 0 Å². The lowest BCUT2D eigenvalue weighted by atomic mass is 10.1. The third-order valence-corrected chi connectivity index (χ3v) is 3.63. The quantitative estimate of drug-likeness (QED) is 0.808. The molecule has 0 radical (unpaired) electrons. The summed E-state index contributed by atoms with van der Waals surface area (Å²) in [4.78, 5) is 2.49. The van der Waals surface area contributed by atoms with Gasteiger partial charge in [-0.2, -0.15) is 0 Å². The zero-order valence-electron chi connectivity index (χ0n) is 11.4. The van der Waals surface area contributed by atoms with Crippen molar-refractivity contribution in [3.63, 3.8) is 0 Å². The maximum Gasteiger partial charge on any atom is 0.129 e. The van der Waals surface area contributed by atoms with Crippen molar-refractivity contribution in [2.45, 2.75) is 33.2 Å². The first-order chi connectivity index (χ1) is 8.66. The highest BCUT2D eigenvalue weighted by Gasteiger charge is 2.10. The molecular weight excluding hydrogens is 227 g/mol. The molecular formula is C15H23FN2. The first kappa shape index (κ1) is 13.5. The second kappa shape index (κ2) is 6.30. The second-order valence-electron chi connectivity index (χ2n) is 5.27. The Bertz CT molecular complexity index is 374. The van der Waals surface area contributed by atoms with Crippen LogP contribution in [-0.2, 0) is 6.54 Å². The topological polar surface area (TPSA) is 15.3 Å². The molecule has 1 N–H and O–H groups in total. The van der Waals surface area contributed by atoms with Gasteiger partial charge in [0.05, 0.1) is 0 Å². The fourth-order valence-electron chi connectivity index (χ4n) is 2.61. The predicted molar refractivity (Wildman–Crippen MR) is 73.3 cm³/mol. The van der Waals surface area contributed by atoms with Crippen LogP contribution in [0.4, 0.5) is 4.39 Å². The Morgan fingerprint density at radius 2 is 1.78 bits per heavy atom. The maximum absolute atomic E-state index is 13.5. The molecule has 1 aliphatic rings. The minimum Gasteiger partial charge on any atom is -0.311 e. The summed E-state index contributed by atoms with van der Waals surface area (Å²) < 4.78 is 13.5. The van der Waals surface area contributed by atoms with Gasteiger partial charge in [0.25, 0.3) is 0 Å². The van der Waals surface area contributed by atoms with Crippen LogP contribution in [-0.4, -0.2) is 31.1 Å². The monoisotopic (exact) mass is 250 g/mol. The molecule has 1 saturated heterocycles. The average Bonchev–Trinajstić information content (AvgIpc) is 2.84. The number of nitrogens with zero attached hydrogens (tertiary/aromatic N) is 1. The largest absolute Gasteiger partial charge is 0.311 e. The van der Waals surface area contributed by atoms with E-state index in [1.54, 1.807) is 0 Å². The van der Waals surface area contributed by atoms with Gasteiger partial charge in [0.1, 0.15) is 5.82 Å². The van der Waals surface area contributed by atoms with Crippen LogP contribution in [0.2, 0.25) is 0 Å². The lowest BCUT2D eigenvalue weighted by Gasteiger charge is -2.15. The Morgan fingerprint density at radius 3 is 2.39 bits per heavy atom. The van der Waals surface area contributed by atoms with Gasteiger partial charge in [0.2, 0.25) is 0 Å². The third kappa shape index (κ3) is 3.53. The van der Waals surface area contributed by atoms with E-state index in [0.717, 1.165) is 30.8 Å². The fourth-order valence-corrected chi connectivity index (χ4v) is 2.61. The number of rotatable bonds is 5. The number of halogens is 1. The van der Waals surface area contributed by atoms with Crippen LogP contribution < -0.4 is 5.32 Å². The van der Waals surface area contributed by atoms with Crippen LogP contribution in [0.3, 0.4) is 0 Å². The summed E-state index contributed by atoms with van der Waals surface area (Å²) in [6, 6.07) is 3.87. The molecule has 0 aromatic heterocycles. The standard InChI is InChI=1S/C15H23FN2/c1-12-9-14(10-13(2)15(12)16)11-17-5-8-18-6-3-4-7-18/h9-10,17H,3-8,11H2,1-2H3. The smallest absolute Gasteiger partial charge is 0.129 e. The minimum absolute atomic E-state index is 0.0733. The number of hydrogen-bond donors (Lipinski definition) is 1. The van der Waals surface area contributed by atoms with Crippen molar-refractivity contribution in [2.75, 3.05) is 26.2 Å². The van der Waals surface area contributed by atoms with Crippen LogP contribution in [0.1, 0.15) is 29.5 Å². The van der Waals surface area contributed by atoms with Crippen LogP contribution in [0.25, 0.3) is 0 Å². The van der Waals surface area contributed by atoms with Crippen LogP contribution in [0.15, 0.2) is 12.1 Å². The summed E-state index contributed by atoms with van der Waals surface area (Å²) >= 11 is 0. The third-order valence-electron chi connectivity index (χ3n) is 3.63. The molecule has 1 aliphatic heterocycles. The molecule has 1 heterocycles. The minimum atomic E-state index is -0.0733. The van der Waals surface area contributed by atoms with Crippen LogP contribution in [0.5, 0.6) is 0 Å². The number of nitrogens with one attached hydrogen (secondary N) is 1. The Balaban J connectivity index is 1.76. The number of likely N-dealkylation sites (tertiary alicyclic amines) is 1. The van der Waals surface area contributed by atoms with E-state index in [2.05, 4.69) is 10.2 Å². The van der Waals surface area contributed by atoms with Gasteiger partial charge in [0, 0.05) is 19.6 Å². The van der Waals surface area contributed by atoms with Crippen molar-refractivity contribution in [1.29, 1.82) is 0 Å². The molecule has 2 nitrogen and oxygen atoms in total. The number of aryl methyl sites for hydroxylation is 2. The summed E-state index contributed by atoms with van der Waals surface area (Å²) in [6.07, 6.45) is 2.69. The first-order valence-electron chi connectivity index (χ1n) is 6.85. The molecule has 2 rings (SSSR count). The molecule has 0 amide bonds. The molecule has 0 unspecified atom stereocenters. The first-order valence-corrected chi connectivity index (χ1v) is 6.85. The summed E-state index contributed by atoms with van der Waals surface area (Å²) in [7, 11) is 0. The molecule has 18 heavy (non-hydrogen) atoms. The summed E-state index contributed by atoms with van der Waals surface area (Å²) in [5.41, 5.74) is 2.66. The average molecular weight is 250 g/mol. The van der Waals surface area contributed by atoms with Gasteiger partial charge in [-0.15, -0.1) is 0 Å². The lowest BCUT2D eigenvalue weighted by Crippen LogP contribution is -2.29. The molecule has 100 valence electrons. The Hall–Kier alpha value is -0.930. The van der Waals surface area contributed by atoms with E-state index in [4.69, 9.17) is 0 Å². The highest BCUT2D eigenvalue weighted by atomic mass is 19.1. The van der Waals surface area contributed by atoms with E-state index >= 15 is 0 Å². The number of benzene rings is 1. The van der Waals surface area contributed by atoms with E-state index in [9.17, 15) is 4.39 Å². The van der Waals surface area contributed by atoms with Crippen molar-refractivity contribution in [3.05, 3.63) is 34.6 Å². The van der Waals surface area contributed by atoms with Gasteiger partial charge in [-0.3, -0.25) is 0 Å². The van der Waals surface area contributed by atoms with Crippen molar-refractivity contribution >= 4 is 0 Å². The van der Waals surface area contributed by atoms with Gasteiger partial charge >= 0.3 is 0 Å². The Labute approximate surface area is 109 Å².